The molecule has 3 heterocycles. The molecule has 6 nitrogen and oxygen atoms in total. The first kappa shape index (κ1) is 22.7. The average molecular weight is 452 g/mol. The first-order valence-corrected chi connectivity index (χ1v) is 11.8. The monoisotopic (exact) mass is 451 g/mol. The maximum absolute atomic E-state index is 5.73. The van der Waals surface area contributed by atoms with Crippen molar-refractivity contribution in [3.05, 3.63) is 57.5 Å². The number of rotatable bonds is 2. The molecule has 0 spiro atoms. The van der Waals surface area contributed by atoms with Crippen LogP contribution in [-0.4, -0.2) is 46.3 Å². The van der Waals surface area contributed by atoms with E-state index in [1.54, 1.807) is 18.9 Å². The highest BCUT2D eigenvalue weighted by Gasteiger charge is 2.40. The summed E-state index contributed by atoms with van der Waals surface area (Å²) in [5.74, 6) is 0.805. The second-order valence-corrected chi connectivity index (χ2v) is 10.9. The van der Waals surface area contributed by atoms with Crippen LogP contribution in [0.25, 0.3) is 11.6 Å². The van der Waals surface area contributed by atoms with Gasteiger partial charge in [-0.15, -0.1) is 5.10 Å². The van der Waals surface area contributed by atoms with Gasteiger partial charge in [0.05, 0.1) is 12.5 Å². The first-order valence-electron chi connectivity index (χ1n) is 10.9. The topological polar surface area (TPSA) is 61.8 Å². The molecule has 1 saturated heterocycles. The molecule has 1 aromatic heterocycles. The largest absolute Gasteiger partial charge is 0.496 e. The second-order valence-electron chi connectivity index (χ2n) is 9.96. The van der Waals surface area contributed by atoms with Gasteiger partial charge in [-0.1, -0.05) is 18.7 Å². The fourth-order valence-electron chi connectivity index (χ4n) is 4.85. The van der Waals surface area contributed by atoms with Crippen LogP contribution < -0.4 is 26.0 Å². The minimum atomic E-state index is 0.0877. The van der Waals surface area contributed by atoms with Crippen LogP contribution in [0.4, 0.5) is 0 Å². The van der Waals surface area contributed by atoms with Crippen LogP contribution in [0.2, 0.25) is 0 Å². The Morgan fingerprint density at radius 1 is 1.09 bits per heavy atom. The third-order valence-corrected chi connectivity index (χ3v) is 7.15. The number of thioether (sulfide) groups is 1. The Labute approximate surface area is 194 Å². The minimum Gasteiger partial charge on any atom is -0.496 e. The summed E-state index contributed by atoms with van der Waals surface area (Å²) in [7, 11) is 3.85. The highest BCUT2D eigenvalue weighted by Crippen LogP contribution is 2.34. The molecule has 0 atom stereocenters. The molecular formula is C25H33N5OS. The molecule has 1 aromatic carbocycles. The molecule has 0 saturated carbocycles. The number of nitrogens with zero attached hydrogens (tertiary/aromatic N) is 3. The fraction of sp³-hybridized carbons (Fsp3) is 0.440. The van der Waals surface area contributed by atoms with E-state index in [1.807, 2.05) is 24.4 Å². The van der Waals surface area contributed by atoms with E-state index in [0.717, 1.165) is 49.8 Å². The highest BCUT2D eigenvalue weighted by atomic mass is 32.2. The molecule has 0 unspecified atom stereocenters. The van der Waals surface area contributed by atoms with Crippen LogP contribution in [-0.2, 0) is 0 Å². The van der Waals surface area contributed by atoms with E-state index in [1.165, 1.54) is 0 Å². The standard InChI is InChI=1S/C25H33N5OS/c1-16-8-9-18(15-26-16)17-10-11-20(21(12-17)31-7)22-27-28-23(32-22)30(6)19-13-24(2,3)29-25(4,5)14-19/h8-12,15,19,27,29H,1,13-14H2,2-7H3. The van der Waals surface area contributed by atoms with Crippen molar-refractivity contribution < 1.29 is 4.74 Å². The number of methoxy groups -OCH3 is 1. The molecule has 0 aliphatic carbocycles. The minimum absolute atomic E-state index is 0.0877. The van der Waals surface area contributed by atoms with Crippen LogP contribution in [0, 0.1) is 10.4 Å². The Hall–Kier alpha value is -2.51. The second kappa shape index (κ2) is 8.45. The van der Waals surface area contributed by atoms with E-state index < -0.39 is 0 Å². The van der Waals surface area contributed by atoms with Gasteiger partial charge in [-0.05, 0) is 75.7 Å². The molecule has 2 aromatic rings. The normalized spacial score (nSPS) is 22.8. The summed E-state index contributed by atoms with van der Waals surface area (Å²) in [5.41, 5.74) is 3.41. The molecule has 2 N–H and O–H groups in total. The number of benzene rings is 1. The van der Waals surface area contributed by atoms with Crippen molar-refractivity contribution in [2.45, 2.75) is 57.7 Å². The van der Waals surface area contributed by atoms with Gasteiger partial charge in [0.25, 0.3) is 0 Å². The zero-order chi connectivity index (χ0) is 23.1. The number of piperidine rings is 1. The van der Waals surface area contributed by atoms with Crippen LogP contribution >= 0.6 is 11.8 Å². The van der Waals surface area contributed by atoms with Crippen molar-refractivity contribution in [3.8, 4) is 5.75 Å². The van der Waals surface area contributed by atoms with Crippen LogP contribution in [0.1, 0.15) is 40.5 Å². The predicted octanol–water partition coefficient (Wildman–Crippen LogP) is 2.70. The molecule has 2 aliphatic rings. The third kappa shape index (κ3) is 4.79. The van der Waals surface area contributed by atoms with Crippen molar-refractivity contribution in [1.82, 2.24) is 20.6 Å². The summed E-state index contributed by atoms with van der Waals surface area (Å²) >= 11 is 1.66. The Balaban J connectivity index is 1.63. The molecular weight excluding hydrogens is 418 g/mol. The zero-order valence-corrected chi connectivity index (χ0v) is 20.6. The molecule has 170 valence electrons. The lowest BCUT2D eigenvalue weighted by molar-refractivity contribution is 0.115. The maximum Gasteiger partial charge on any atom is 0.189 e. The predicted molar refractivity (Wildman–Crippen MR) is 133 cm³/mol. The lowest BCUT2D eigenvalue weighted by atomic mass is 9.79. The van der Waals surface area contributed by atoms with E-state index in [9.17, 15) is 0 Å². The summed E-state index contributed by atoms with van der Waals surface area (Å²) in [6.45, 7) is 13.0. The van der Waals surface area contributed by atoms with Crippen molar-refractivity contribution in [1.29, 1.82) is 0 Å². The van der Waals surface area contributed by atoms with Gasteiger partial charge >= 0.3 is 0 Å². The van der Waals surface area contributed by atoms with Crippen molar-refractivity contribution in [2.24, 2.45) is 5.10 Å². The number of hydrogen-bond donors (Lipinski definition) is 2. The number of hydrazone groups is 1. The average Bonchev–Trinajstić information content (AvgIpc) is 3.21. The van der Waals surface area contributed by atoms with Gasteiger partial charge in [0.1, 0.15) is 10.8 Å². The number of ether oxygens (including phenoxy) is 1. The Kier molecular flexibility index (Phi) is 5.98. The smallest absolute Gasteiger partial charge is 0.189 e. The lowest BCUT2D eigenvalue weighted by Gasteiger charge is -2.49. The molecule has 32 heavy (non-hydrogen) atoms. The number of nitrogens with one attached hydrogen (secondary N) is 2. The van der Waals surface area contributed by atoms with E-state index >= 15 is 0 Å². The van der Waals surface area contributed by atoms with Crippen molar-refractivity contribution >= 4 is 28.5 Å². The SMILES string of the molecule is C=c1ccc(=c2ccc(=C3NN=C(N(C)C4CC(C)(C)NC(C)(C)C4)S3)c(OC)c2)cn1. The van der Waals surface area contributed by atoms with E-state index in [2.05, 4.69) is 79.2 Å². The Bertz CT molecular complexity index is 1210. The summed E-state index contributed by atoms with van der Waals surface area (Å²) < 4.78 is 5.73. The summed E-state index contributed by atoms with van der Waals surface area (Å²) in [5, 5.41) is 14.2. The lowest BCUT2D eigenvalue weighted by Crippen LogP contribution is -2.62. The molecule has 0 radical (unpaired) electrons. The molecule has 4 rings (SSSR count). The van der Waals surface area contributed by atoms with Gasteiger partial charge in [-0.25, -0.2) is 0 Å². The van der Waals surface area contributed by atoms with Crippen molar-refractivity contribution in [2.75, 3.05) is 14.2 Å². The maximum atomic E-state index is 5.73. The number of amidine groups is 1. The molecule has 7 heteroatoms. The first-order chi connectivity index (χ1) is 15.1. The van der Waals surface area contributed by atoms with E-state index in [0.29, 0.717) is 6.04 Å². The number of hydrogen-bond acceptors (Lipinski definition) is 7. The van der Waals surface area contributed by atoms with Crippen molar-refractivity contribution in [3.63, 3.8) is 0 Å². The van der Waals surface area contributed by atoms with Gasteiger partial charge in [-0.3, -0.25) is 10.4 Å². The number of aromatic nitrogens is 1. The van der Waals surface area contributed by atoms with Gasteiger partial charge < -0.3 is 15.0 Å². The van der Waals surface area contributed by atoms with Crippen LogP contribution in [0.3, 0.4) is 0 Å². The summed E-state index contributed by atoms with van der Waals surface area (Å²) in [6, 6.07) is 10.6. The van der Waals surface area contributed by atoms with Gasteiger partial charge in [-0.2, -0.15) is 0 Å². The Morgan fingerprint density at radius 2 is 1.78 bits per heavy atom. The molecule has 0 amide bonds. The molecule has 0 bridgehead atoms. The van der Waals surface area contributed by atoms with Gasteiger partial charge in [0.15, 0.2) is 5.17 Å². The third-order valence-electron chi connectivity index (χ3n) is 6.07. The summed E-state index contributed by atoms with van der Waals surface area (Å²) in [6.07, 6.45) is 3.98. The van der Waals surface area contributed by atoms with Gasteiger partial charge in [0, 0.05) is 40.8 Å². The fourth-order valence-corrected chi connectivity index (χ4v) is 5.79. The zero-order valence-electron chi connectivity index (χ0n) is 19.8. The quantitative estimate of drug-likeness (QED) is 0.732. The number of pyridine rings is 1. The Morgan fingerprint density at radius 3 is 2.41 bits per heavy atom. The molecule has 2 aliphatic heterocycles. The van der Waals surface area contributed by atoms with E-state index in [4.69, 9.17) is 4.74 Å². The van der Waals surface area contributed by atoms with E-state index in [-0.39, 0.29) is 11.1 Å². The van der Waals surface area contributed by atoms with Crippen LogP contribution in [0.15, 0.2) is 41.6 Å². The van der Waals surface area contributed by atoms with Gasteiger partial charge in [0.2, 0.25) is 0 Å². The summed E-state index contributed by atoms with van der Waals surface area (Å²) in [4.78, 5) is 6.62. The highest BCUT2D eigenvalue weighted by molar-refractivity contribution is 8.21. The van der Waals surface area contributed by atoms with Crippen LogP contribution in [0.5, 0.6) is 5.75 Å². The molecule has 1 fully saturated rings.